The molecule has 0 fully saturated rings. The summed E-state index contributed by atoms with van der Waals surface area (Å²) in [6.45, 7) is 1.99. The number of nitrogens with zero attached hydrogens (tertiary/aromatic N) is 2. The Kier molecular flexibility index (Phi) is 9.36. The van der Waals surface area contributed by atoms with Gasteiger partial charge in [0.2, 0.25) is 21.8 Å². The van der Waals surface area contributed by atoms with E-state index in [1.807, 2.05) is 0 Å². The number of amides is 2. The van der Waals surface area contributed by atoms with Crippen LogP contribution in [0.5, 0.6) is 0 Å². The fourth-order valence-electron chi connectivity index (χ4n) is 3.21. The van der Waals surface area contributed by atoms with Crippen LogP contribution >= 0.6 is 23.2 Å². The van der Waals surface area contributed by atoms with Crippen molar-refractivity contribution >= 4 is 50.7 Å². The Labute approximate surface area is 199 Å². The van der Waals surface area contributed by atoms with Crippen LogP contribution in [0.15, 0.2) is 48.5 Å². The maximum absolute atomic E-state index is 13.0. The zero-order valence-corrected chi connectivity index (χ0v) is 20.5. The Bertz CT molecular complexity index is 1050. The topological polar surface area (TPSA) is 86.8 Å². The number of halogens is 2. The minimum atomic E-state index is -3.57. The monoisotopic (exact) mass is 499 g/mol. The van der Waals surface area contributed by atoms with Crippen LogP contribution in [0.1, 0.15) is 25.3 Å². The molecule has 0 saturated carbocycles. The molecular weight excluding hydrogens is 473 g/mol. The van der Waals surface area contributed by atoms with Gasteiger partial charge >= 0.3 is 0 Å². The molecule has 0 radical (unpaired) electrons. The van der Waals surface area contributed by atoms with Crippen molar-refractivity contribution in [2.45, 2.75) is 32.4 Å². The second-order valence-corrected chi connectivity index (χ2v) is 10.1. The smallest absolute Gasteiger partial charge is 0.242 e. The van der Waals surface area contributed by atoms with Gasteiger partial charge in [-0.3, -0.25) is 13.9 Å². The van der Waals surface area contributed by atoms with Gasteiger partial charge < -0.3 is 10.2 Å². The lowest BCUT2D eigenvalue weighted by molar-refractivity contribution is -0.140. The first-order valence-electron chi connectivity index (χ1n) is 10.0. The Morgan fingerprint density at radius 3 is 2.28 bits per heavy atom. The number of nitrogens with one attached hydrogen (secondary N) is 1. The predicted octanol–water partition coefficient (Wildman–Crippen LogP) is 3.70. The Morgan fingerprint density at radius 1 is 1.06 bits per heavy atom. The van der Waals surface area contributed by atoms with Crippen LogP contribution in [-0.4, -0.2) is 51.0 Å². The standard InChI is InChI=1S/C22H27Cl2N3O4S/c1-16(22(29)25-2)26(15-17-9-11-18(23)12-10-17)21(28)8-5-13-27(32(3,30)31)20-7-4-6-19(24)14-20/h4,6-7,9-12,14,16H,5,8,13,15H2,1-3H3,(H,25,29). The first kappa shape index (κ1) is 26.0. The van der Waals surface area contributed by atoms with Crippen LogP contribution in [0.25, 0.3) is 0 Å². The van der Waals surface area contributed by atoms with E-state index in [9.17, 15) is 18.0 Å². The van der Waals surface area contributed by atoms with Crippen molar-refractivity contribution in [3.63, 3.8) is 0 Å². The van der Waals surface area contributed by atoms with Crippen molar-refractivity contribution in [2.24, 2.45) is 0 Å². The molecule has 0 aliphatic heterocycles. The average Bonchev–Trinajstić information content (AvgIpc) is 2.74. The Morgan fingerprint density at radius 2 is 1.72 bits per heavy atom. The number of anilines is 1. The molecule has 0 spiro atoms. The largest absolute Gasteiger partial charge is 0.357 e. The van der Waals surface area contributed by atoms with Gasteiger partial charge in [-0.2, -0.15) is 0 Å². The van der Waals surface area contributed by atoms with Crippen molar-refractivity contribution in [2.75, 3.05) is 24.2 Å². The molecule has 2 amide bonds. The summed E-state index contributed by atoms with van der Waals surface area (Å²) in [6.07, 6.45) is 1.45. The van der Waals surface area contributed by atoms with E-state index in [0.717, 1.165) is 11.8 Å². The molecule has 1 N–H and O–H groups in total. The molecule has 2 aromatic rings. The van der Waals surface area contributed by atoms with Gasteiger partial charge in [0, 0.05) is 36.6 Å². The van der Waals surface area contributed by atoms with Crippen LogP contribution in [0.4, 0.5) is 5.69 Å². The molecule has 7 nitrogen and oxygen atoms in total. The third-order valence-corrected chi connectivity index (χ3v) is 6.61. The molecule has 0 aliphatic rings. The number of carbonyl (C=O) groups excluding carboxylic acids is 2. The maximum atomic E-state index is 13.0. The minimum Gasteiger partial charge on any atom is -0.357 e. The van der Waals surface area contributed by atoms with E-state index in [4.69, 9.17) is 23.2 Å². The number of rotatable bonds is 10. The van der Waals surface area contributed by atoms with Gasteiger partial charge in [-0.25, -0.2) is 8.42 Å². The number of benzene rings is 2. The summed E-state index contributed by atoms with van der Waals surface area (Å²) < 4.78 is 25.8. The van der Waals surface area contributed by atoms with Gasteiger partial charge in [-0.1, -0.05) is 41.4 Å². The third kappa shape index (κ3) is 7.39. The summed E-state index contributed by atoms with van der Waals surface area (Å²) in [5, 5.41) is 3.56. The van der Waals surface area contributed by atoms with Gasteiger partial charge in [0.15, 0.2) is 0 Å². The van der Waals surface area contributed by atoms with Crippen LogP contribution in [0.2, 0.25) is 10.0 Å². The van der Waals surface area contributed by atoms with Crippen molar-refractivity contribution < 1.29 is 18.0 Å². The van der Waals surface area contributed by atoms with E-state index in [0.29, 0.717) is 15.7 Å². The van der Waals surface area contributed by atoms with E-state index < -0.39 is 16.1 Å². The molecule has 2 rings (SSSR count). The summed E-state index contributed by atoms with van der Waals surface area (Å²) >= 11 is 11.9. The van der Waals surface area contributed by atoms with Crippen LogP contribution < -0.4 is 9.62 Å². The quantitative estimate of drug-likeness (QED) is 0.539. The lowest BCUT2D eigenvalue weighted by atomic mass is 10.1. The zero-order chi connectivity index (χ0) is 23.9. The summed E-state index contributed by atoms with van der Waals surface area (Å²) in [7, 11) is -2.05. The first-order chi connectivity index (χ1) is 15.0. The van der Waals surface area contributed by atoms with Gasteiger partial charge in [-0.15, -0.1) is 0 Å². The fraction of sp³-hybridized carbons (Fsp3) is 0.364. The first-order valence-corrected chi connectivity index (χ1v) is 12.6. The number of hydrogen-bond acceptors (Lipinski definition) is 4. The molecule has 0 aliphatic carbocycles. The average molecular weight is 500 g/mol. The highest BCUT2D eigenvalue weighted by Gasteiger charge is 2.26. The zero-order valence-electron chi connectivity index (χ0n) is 18.2. The molecule has 10 heteroatoms. The third-order valence-electron chi connectivity index (χ3n) is 4.93. The number of hydrogen-bond donors (Lipinski definition) is 1. The van der Waals surface area contributed by atoms with Crippen molar-refractivity contribution in [1.29, 1.82) is 0 Å². The summed E-state index contributed by atoms with van der Waals surface area (Å²) in [4.78, 5) is 26.7. The molecule has 174 valence electrons. The second-order valence-electron chi connectivity index (χ2n) is 7.36. The van der Waals surface area contributed by atoms with Crippen molar-refractivity contribution in [1.82, 2.24) is 10.2 Å². The number of sulfonamides is 1. The van der Waals surface area contributed by atoms with E-state index >= 15 is 0 Å². The maximum Gasteiger partial charge on any atom is 0.242 e. The molecule has 0 heterocycles. The molecule has 1 atom stereocenters. The van der Waals surface area contributed by atoms with Gasteiger partial charge in [0.1, 0.15) is 6.04 Å². The highest BCUT2D eigenvalue weighted by atomic mass is 35.5. The highest BCUT2D eigenvalue weighted by Crippen LogP contribution is 2.22. The van der Waals surface area contributed by atoms with Crippen LogP contribution in [0, 0.1) is 0 Å². The van der Waals surface area contributed by atoms with Gasteiger partial charge in [0.05, 0.1) is 11.9 Å². The van der Waals surface area contributed by atoms with E-state index in [2.05, 4.69) is 5.32 Å². The molecule has 32 heavy (non-hydrogen) atoms. The molecule has 0 aromatic heterocycles. The molecular formula is C22H27Cl2N3O4S. The lowest BCUT2D eigenvalue weighted by Crippen LogP contribution is -2.46. The van der Waals surface area contributed by atoms with E-state index in [1.165, 1.54) is 16.3 Å². The number of carbonyl (C=O) groups is 2. The summed E-state index contributed by atoms with van der Waals surface area (Å²) in [6, 6.07) is 12.9. The van der Waals surface area contributed by atoms with E-state index in [-0.39, 0.29) is 37.7 Å². The fourth-order valence-corrected chi connectivity index (χ4v) is 4.48. The second kappa shape index (κ2) is 11.5. The summed E-state index contributed by atoms with van der Waals surface area (Å²) in [5.41, 5.74) is 1.26. The molecule has 0 bridgehead atoms. The Hall–Kier alpha value is -2.29. The number of likely N-dealkylation sites (N-methyl/N-ethyl adjacent to an activating group) is 1. The van der Waals surface area contributed by atoms with Crippen LogP contribution in [0.3, 0.4) is 0 Å². The van der Waals surface area contributed by atoms with E-state index in [1.54, 1.807) is 55.5 Å². The van der Waals surface area contributed by atoms with Crippen molar-refractivity contribution in [3.8, 4) is 0 Å². The predicted molar refractivity (Wildman–Crippen MR) is 128 cm³/mol. The van der Waals surface area contributed by atoms with Crippen molar-refractivity contribution in [3.05, 3.63) is 64.1 Å². The summed E-state index contributed by atoms with van der Waals surface area (Å²) in [5.74, 6) is -0.542. The Balaban J connectivity index is 2.13. The lowest BCUT2D eigenvalue weighted by Gasteiger charge is -2.29. The van der Waals surface area contributed by atoms with Gasteiger partial charge in [0.25, 0.3) is 0 Å². The minimum absolute atomic E-state index is 0.0709. The van der Waals surface area contributed by atoms with Crippen LogP contribution in [-0.2, 0) is 26.2 Å². The molecule has 1 unspecified atom stereocenters. The normalized spacial score (nSPS) is 12.2. The highest BCUT2D eigenvalue weighted by molar-refractivity contribution is 7.92. The van der Waals surface area contributed by atoms with Gasteiger partial charge in [-0.05, 0) is 49.2 Å². The molecule has 0 saturated heterocycles. The molecule has 2 aromatic carbocycles. The SMILES string of the molecule is CNC(=O)C(C)N(Cc1ccc(Cl)cc1)C(=O)CCCN(c1cccc(Cl)c1)S(C)(=O)=O.